The number of hydrogen-bond donors (Lipinski definition) is 0. The summed E-state index contributed by atoms with van der Waals surface area (Å²) < 4.78 is 2.12. The molecule has 0 aromatic carbocycles. The van der Waals surface area contributed by atoms with Crippen LogP contribution < -0.4 is 10.5 Å². The van der Waals surface area contributed by atoms with Gasteiger partial charge < -0.3 is 4.90 Å². The number of nitrogens with zero attached hydrogens (tertiary/aromatic N) is 4. The quantitative estimate of drug-likeness (QED) is 0.485. The predicted octanol–water partition coefficient (Wildman–Crippen LogP) is 4.48. The van der Waals surface area contributed by atoms with E-state index in [1.165, 1.54) is 11.8 Å². The van der Waals surface area contributed by atoms with E-state index in [4.69, 9.17) is 17.2 Å². The molecule has 170 valence electrons. The van der Waals surface area contributed by atoms with Gasteiger partial charge in [0.25, 0.3) is 11.5 Å². The highest BCUT2D eigenvalue weighted by molar-refractivity contribution is 8.26. The lowest BCUT2D eigenvalue weighted by molar-refractivity contribution is -0.123. The molecular weight excluding hydrogens is 440 g/mol. The molecule has 2 aliphatic rings. The Bertz CT molecular complexity index is 1160. The second kappa shape index (κ2) is 8.98. The van der Waals surface area contributed by atoms with Crippen LogP contribution in [0.2, 0.25) is 0 Å². The van der Waals surface area contributed by atoms with Crippen LogP contribution in [-0.4, -0.2) is 43.6 Å². The highest BCUT2D eigenvalue weighted by Crippen LogP contribution is 2.36. The first kappa shape index (κ1) is 23.0. The summed E-state index contributed by atoms with van der Waals surface area (Å²) in [6, 6.07) is 3.84. The van der Waals surface area contributed by atoms with E-state index < -0.39 is 0 Å². The van der Waals surface area contributed by atoms with Crippen LogP contribution >= 0.6 is 24.0 Å². The number of aromatic nitrogens is 2. The van der Waals surface area contributed by atoms with Crippen molar-refractivity contribution in [3.8, 4) is 0 Å². The summed E-state index contributed by atoms with van der Waals surface area (Å²) in [6.45, 7) is 12.1. The van der Waals surface area contributed by atoms with E-state index in [1.54, 1.807) is 21.6 Å². The zero-order valence-corrected chi connectivity index (χ0v) is 20.9. The molecule has 0 N–H and O–H groups in total. The number of thiocarbonyl (C=S) groups is 1. The lowest BCUT2D eigenvalue weighted by atomic mass is 9.91. The van der Waals surface area contributed by atoms with Gasteiger partial charge in [0.15, 0.2) is 0 Å². The van der Waals surface area contributed by atoms with E-state index in [0.717, 1.165) is 31.5 Å². The molecule has 4 heterocycles. The number of hydrogen-bond acceptors (Lipinski definition) is 6. The fourth-order valence-corrected chi connectivity index (χ4v) is 6.12. The molecule has 0 spiro atoms. The van der Waals surface area contributed by atoms with Gasteiger partial charge in [-0.25, -0.2) is 4.98 Å². The summed E-state index contributed by atoms with van der Waals surface area (Å²) in [6.07, 6.45) is 5.43. The third kappa shape index (κ3) is 4.10. The van der Waals surface area contributed by atoms with Gasteiger partial charge in [0, 0.05) is 25.3 Å². The number of anilines is 1. The minimum absolute atomic E-state index is 0.0233. The van der Waals surface area contributed by atoms with Crippen molar-refractivity contribution in [2.24, 2.45) is 11.8 Å². The van der Waals surface area contributed by atoms with E-state index in [-0.39, 0.29) is 17.5 Å². The molecule has 0 radical (unpaired) electrons. The van der Waals surface area contributed by atoms with Crippen molar-refractivity contribution in [3.05, 3.63) is 44.7 Å². The number of amides is 1. The van der Waals surface area contributed by atoms with Crippen molar-refractivity contribution in [2.75, 3.05) is 18.0 Å². The first-order valence-electron chi connectivity index (χ1n) is 11.2. The van der Waals surface area contributed by atoms with Crippen LogP contribution in [0.3, 0.4) is 0 Å². The number of carbonyl (C=O) groups is 1. The van der Waals surface area contributed by atoms with Crippen LogP contribution in [0.1, 0.15) is 51.7 Å². The van der Waals surface area contributed by atoms with Gasteiger partial charge in [-0.05, 0) is 56.2 Å². The van der Waals surface area contributed by atoms with Gasteiger partial charge in [0.05, 0.1) is 10.5 Å². The number of piperidine rings is 1. The SMILES string of the molecule is CCC(C)N1C(=O)/C(=C\c2c(N3CC(C)CC(C)C3)nc3c(C)cccn3c2=O)SC1=S. The zero-order chi connectivity index (χ0) is 23.2. The van der Waals surface area contributed by atoms with Gasteiger partial charge in [0.2, 0.25) is 0 Å². The van der Waals surface area contributed by atoms with Gasteiger partial charge in [-0.1, -0.05) is 50.8 Å². The van der Waals surface area contributed by atoms with Gasteiger partial charge in [-0.2, -0.15) is 0 Å². The number of rotatable bonds is 4. The average molecular weight is 471 g/mol. The number of aryl methyl sites for hydroxylation is 1. The van der Waals surface area contributed by atoms with E-state index in [0.29, 0.717) is 38.1 Å². The van der Waals surface area contributed by atoms with Crippen LogP contribution in [0.25, 0.3) is 11.7 Å². The molecule has 4 rings (SSSR count). The standard InChI is InChI=1S/C24H30N4O2S2/c1-6-17(5)28-23(30)19(32-24(28)31)11-18-21(26-12-14(2)10-15(3)13-26)25-20-16(4)8-7-9-27(20)22(18)29/h7-9,11,14-15,17H,6,10,12-13H2,1-5H3/b19-11+. The van der Waals surface area contributed by atoms with Gasteiger partial charge in [-0.3, -0.25) is 18.9 Å². The van der Waals surface area contributed by atoms with Crippen molar-refractivity contribution in [1.82, 2.24) is 14.3 Å². The largest absolute Gasteiger partial charge is 0.355 e. The fraction of sp³-hybridized carbons (Fsp3) is 0.500. The lowest BCUT2D eigenvalue weighted by Crippen LogP contribution is -2.41. The molecule has 8 heteroatoms. The molecular formula is C24H30N4O2S2. The fourth-order valence-electron chi connectivity index (χ4n) is 4.68. The minimum Gasteiger partial charge on any atom is -0.355 e. The zero-order valence-electron chi connectivity index (χ0n) is 19.3. The molecule has 2 aromatic rings. The van der Waals surface area contributed by atoms with Crippen LogP contribution in [0.4, 0.5) is 5.82 Å². The normalized spacial score (nSPS) is 24.1. The Morgan fingerprint density at radius 3 is 2.62 bits per heavy atom. The number of carbonyl (C=O) groups excluding carboxylic acids is 1. The Balaban J connectivity index is 1.89. The monoisotopic (exact) mass is 470 g/mol. The van der Waals surface area contributed by atoms with Gasteiger partial charge >= 0.3 is 0 Å². The predicted molar refractivity (Wildman–Crippen MR) is 136 cm³/mol. The number of pyridine rings is 1. The Labute approximate surface area is 198 Å². The first-order chi connectivity index (χ1) is 15.2. The molecule has 2 saturated heterocycles. The third-order valence-electron chi connectivity index (χ3n) is 6.36. The maximum Gasteiger partial charge on any atom is 0.267 e. The molecule has 0 saturated carbocycles. The Kier molecular flexibility index (Phi) is 6.45. The summed E-state index contributed by atoms with van der Waals surface area (Å²) in [5.41, 5.74) is 1.90. The second-order valence-corrected chi connectivity index (χ2v) is 10.9. The molecule has 3 atom stereocenters. The molecule has 2 aromatic heterocycles. The Morgan fingerprint density at radius 2 is 1.97 bits per heavy atom. The summed E-state index contributed by atoms with van der Waals surface area (Å²) in [7, 11) is 0. The second-order valence-electron chi connectivity index (χ2n) is 9.20. The molecule has 2 aliphatic heterocycles. The summed E-state index contributed by atoms with van der Waals surface area (Å²) >= 11 is 6.76. The van der Waals surface area contributed by atoms with Crippen LogP contribution in [0.15, 0.2) is 28.0 Å². The molecule has 3 unspecified atom stereocenters. The van der Waals surface area contributed by atoms with E-state index in [2.05, 4.69) is 18.7 Å². The summed E-state index contributed by atoms with van der Waals surface area (Å²) in [5.74, 6) is 1.55. The van der Waals surface area contributed by atoms with Crippen LogP contribution in [-0.2, 0) is 4.79 Å². The van der Waals surface area contributed by atoms with E-state index in [9.17, 15) is 9.59 Å². The van der Waals surface area contributed by atoms with E-state index >= 15 is 0 Å². The van der Waals surface area contributed by atoms with Crippen LogP contribution in [0, 0.1) is 18.8 Å². The number of fused-ring (bicyclic) bond motifs is 1. The molecule has 2 fully saturated rings. The molecule has 32 heavy (non-hydrogen) atoms. The molecule has 0 aliphatic carbocycles. The third-order valence-corrected chi connectivity index (χ3v) is 7.69. The smallest absolute Gasteiger partial charge is 0.267 e. The first-order valence-corrected chi connectivity index (χ1v) is 12.5. The lowest BCUT2D eigenvalue weighted by Gasteiger charge is -2.36. The average Bonchev–Trinajstić information content (AvgIpc) is 3.02. The maximum atomic E-state index is 13.6. The minimum atomic E-state index is -0.159. The topological polar surface area (TPSA) is 57.9 Å². The van der Waals surface area contributed by atoms with Crippen molar-refractivity contribution >= 4 is 51.7 Å². The molecule has 1 amide bonds. The summed E-state index contributed by atoms with van der Waals surface area (Å²) in [4.78, 5) is 36.1. The van der Waals surface area contributed by atoms with Crippen molar-refractivity contribution in [2.45, 2.75) is 53.5 Å². The summed E-state index contributed by atoms with van der Waals surface area (Å²) in [5, 5.41) is 0. The van der Waals surface area contributed by atoms with Crippen molar-refractivity contribution in [3.63, 3.8) is 0 Å². The molecule has 6 nitrogen and oxygen atoms in total. The Hall–Kier alpha value is -2.19. The van der Waals surface area contributed by atoms with Crippen molar-refractivity contribution < 1.29 is 4.79 Å². The van der Waals surface area contributed by atoms with Gasteiger partial charge in [0.1, 0.15) is 15.8 Å². The molecule has 0 bridgehead atoms. The van der Waals surface area contributed by atoms with E-state index in [1.807, 2.05) is 32.9 Å². The number of thioether (sulfide) groups is 1. The Morgan fingerprint density at radius 1 is 1.28 bits per heavy atom. The van der Waals surface area contributed by atoms with Gasteiger partial charge in [-0.15, -0.1) is 0 Å². The highest BCUT2D eigenvalue weighted by Gasteiger charge is 2.35. The maximum absolute atomic E-state index is 13.6. The highest BCUT2D eigenvalue weighted by atomic mass is 32.2. The van der Waals surface area contributed by atoms with Crippen molar-refractivity contribution in [1.29, 1.82) is 0 Å². The van der Waals surface area contributed by atoms with Crippen LogP contribution in [0.5, 0.6) is 0 Å².